The van der Waals surface area contributed by atoms with Gasteiger partial charge in [0.2, 0.25) is 5.78 Å². The predicted octanol–water partition coefficient (Wildman–Crippen LogP) is 3.37. The molecule has 0 saturated carbocycles. The molecule has 1 aliphatic rings. The summed E-state index contributed by atoms with van der Waals surface area (Å²) >= 11 is 1.50. The van der Waals surface area contributed by atoms with Crippen molar-refractivity contribution >= 4 is 29.1 Å². The minimum absolute atomic E-state index is 0.311. The van der Waals surface area contributed by atoms with Crippen molar-refractivity contribution in [3.63, 3.8) is 0 Å². The van der Waals surface area contributed by atoms with Crippen LogP contribution in [0.4, 0.5) is 11.4 Å². The molecular formula is C19H21N3O2S. The summed E-state index contributed by atoms with van der Waals surface area (Å²) in [5.74, 6) is -0.311. The second kappa shape index (κ2) is 7.21. The van der Waals surface area contributed by atoms with Crippen molar-refractivity contribution in [1.82, 2.24) is 5.32 Å². The van der Waals surface area contributed by atoms with E-state index in [1.807, 2.05) is 61.5 Å². The van der Waals surface area contributed by atoms with Crippen LogP contribution in [0.1, 0.15) is 13.8 Å². The lowest BCUT2D eigenvalue weighted by Gasteiger charge is -2.37. The van der Waals surface area contributed by atoms with E-state index in [9.17, 15) is 9.90 Å². The number of aliphatic hydroxyl groups is 1. The van der Waals surface area contributed by atoms with Crippen LogP contribution in [0.3, 0.4) is 0 Å². The molecule has 1 unspecified atom stereocenters. The van der Waals surface area contributed by atoms with Crippen LogP contribution in [0, 0.1) is 0 Å². The molecule has 25 heavy (non-hydrogen) atoms. The van der Waals surface area contributed by atoms with E-state index >= 15 is 0 Å². The normalized spacial score (nSPS) is 19.4. The molecule has 0 fully saturated rings. The van der Waals surface area contributed by atoms with E-state index in [1.165, 1.54) is 18.9 Å². The number of Topliss-reactive ketones (excluding diaryl/α,β-unsaturated/α-hetero) is 1. The summed E-state index contributed by atoms with van der Waals surface area (Å²) in [5.41, 5.74) is 1.13. The number of carbonyl (C=O) groups is 1. The van der Waals surface area contributed by atoms with Gasteiger partial charge in [0.15, 0.2) is 5.60 Å². The van der Waals surface area contributed by atoms with Gasteiger partial charge in [-0.05, 0) is 50.1 Å². The third kappa shape index (κ3) is 3.50. The van der Waals surface area contributed by atoms with Crippen molar-refractivity contribution in [3.8, 4) is 0 Å². The van der Waals surface area contributed by atoms with E-state index in [2.05, 4.69) is 15.4 Å². The molecule has 2 aromatic rings. The van der Waals surface area contributed by atoms with E-state index in [-0.39, 0.29) is 5.78 Å². The van der Waals surface area contributed by atoms with Crippen molar-refractivity contribution in [2.75, 3.05) is 16.6 Å². The molecule has 0 bridgehead atoms. The minimum atomic E-state index is -1.44. The summed E-state index contributed by atoms with van der Waals surface area (Å²) in [6.07, 6.45) is 0. The van der Waals surface area contributed by atoms with Crippen molar-refractivity contribution in [2.45, 2.75) is 24.3 Å². The highest BCUT2D eigenvalue weighted by Crippen LogP contribution is 2.36. The SMILES string of the molecule is CCNC1=C(Nc2ccccc2NSc2ccccc2)C(=O)C1(C)O. The maximum atomic E-state index is 12.2. The molecule has 4 N–H and O–H groups in total. The number of ketones is 1. The lowest BCUT2D eigenvalue weighted by molar-refractivity contribution is -0.132. The molecule has 0 spiro atoms. The van der Waals surface area contributed by atoms with Crippen molar-refractivity contribution < 1.29 is 9.90 Å². The number of para-hydroxylation sites is 2. The summed E-state index contributed by atoms with van der Waals surface area (Å²) in [4.78, 5) is 13.3. The molecule has 0 heterocycles. The lowest BCUT2D eigenvalue weighted by Crippen LogP contribution is -2.55. The monoisotopic (exact) mass is 355 g/mol. The number of rotatable bonds is 7. The number of carbonyl (C=O) groups excluding carboxylic acids is 1. The largest absolute Gasteiger partial charge is 0.384 e. The average molecular weight is 355 g/mol. The molecule has 130 valence electrons. The quantitative estimate of drug-likeness (QED) is 0.571. The van der Waals surface area contributed by atoms with E-state index in [0.717, 1.165) is 16.3 Å². The molecule has 0 saturated heterocycles. The highest BCUT2D eigenvalue weighted by Gasteiger charge is 2.49. The Morgan fingerprint density at radius 3 is 2.36 bits per heavy atom. The van der Waals surface area contributed by atoms with Crippen molar-refractivity contribution in [1.29, 1.82) is 0 Å². The van der Waals surface area contributed by atoms with E-state index in [0.29, 0.717) is 17.9 Å². The van der Waals surface area contributed by atoms with Gasteiger partial charge in [-0.3, -0.25) is 4.79 Å². The second-order valence-electron chi connectivity index (χ2n) is 5.87. The van der Waals surface area contributed by atoms with Gasteiger partial charge in [-0.15, -0.1) is 0 Å². The Morgan fingerprint density at radius 2 is 1.68 bits per heavy atom. The summed E-state index contributed by atoms with van der Waals surface area (Å²) < 4.78 is 3.30. The van der Waals surface area contributed by atoms with Crippen molar-refractivity contribution in [2.24, 2.45) is 0 Å². The maximum Gasteiger partial charge on any atom is 0.218 e. The maximum absolute atomic E-state index is 12.2. The first kappa shape index (κ1) is 17.4. The van der Waals surface area contributed by atoms with E-state index < -0.39 is 5.60 Å². The van der Waals surface area contributed by atoms with Crippen LogP contribution in [0.25, 0.3) is 0 Å². The first-order valence-corrected chi connectivity index (χ1v) is 8.95. The van der Waals surface area contributed by atoms with Gasteiger partial charge in [0.1, 0.15) is 5.70 Å². The highest BCUT2D eigenvalue weighted by atomic mass is 32.2. The Labute approximate surface area is 151 Å². The topological polar surface area (TPSA) is 73.4 Å². The van der Waals surface area contributed by atoms with Gasteiger partial charge in [0, 0.05) is 11.4 Å². The van der Waals surface area contributed by atoms with Crippen LogP contribution in [-0.4, -0.2) is 23.0 Å². The molecule has 1 aliphatic carbocycles. The first-order valence-electron chi connectivity index (χ1n) is 8.13. The first-order chi connectivity index (χ1) is 12.0. The summed E-state index contributed by atoms with van der Waals surface area (Å²) in [5, 5.41) is 16.4. The molecule has 0 aliphatic heterocycles. The van der Waals surface area contributed by atoms with Gasteiger partial charge >= 0.3 is 0 Å². The molecule has 0 amide bonds. The zero-order chi connectivity index (χ0) is 17.9. The third-order valence-corrected chi connectivity index (χ3v) is 4.80. The molecule has 3 rings (SSSR count). The Hall–Kier alpha value is -2.44. The fourth-order valence-electron chi connectivity index (χ4n) is 2.63. The van der Waals surface area contributed by atoms with Crippen molar-refractivity contribution in [3.05, 3.63) is 66.0 Å². The minimum Gasteiger partial charge on any atom is -0.384 e. The van der Waals surface area contributed by atoms with Crippen LogP contribution >= 0.6 is 11.9 Å². The van der Waals surface area contributed by atoms with Gasteiger partial charge in [-0.1, -0.05) is 30.3 Å². The number of benzene rings is 2. The second-order valence-corrected chi connectivity index (χ2v) is 6.75. The van der Waals surface area contributed by atoms with Gasteiger partial charge in [-0.25, -0.2) is 0 Å². The number of nitrogens with one attached hydrogen (secondary N) is 3. The van der Waals surface area contributed by atoms with Gasteiger partial charge in [0.05, 0.1) is 17.1 Å². The highest BCUT2D eigenvalue weighted by molar-refractivity contribution is 8.00. The fraction of sp³-hybridized carbons (Fsp3) is 0.211. The number of anilines is 2. The summed E-state index contributed by atoms with van der Waals surface area (Å²) in [6.45, 7) is 4.07. The Kier molecular flexibility index (Phi) is 5.01. The van der Waals surface area contributed by atoms with Gasteiger partial charge in [-0.2, -0.15) is 0 Å². The molecule has 5 nitrogen and oxygen atoms in total. The van der Waals surface area contributed by atoms with Gasteiger partial charge < -0.3 is 20.5 Å². The van der Waals surface area contributed by atoms with E-state index in [4.69, 9.17) is 0 Å². The fourth-order valence-corrected chi connectivity index (χ4v) is 3.33. The molecule has 6 heteroatoms. The molecule has 0 radical (unpaired) electrons. The third-order valence-electron chi connectivity index (χ3n) is 3.97. The van der Waals surface area contributed by atoms with Crippen LogP contribution in [-0.2, 0) is 4.79 Å². The summed E-state index contributed by atoms with van der Waals surface area (Å²) in [6, 6.07) is 17.6. The van der Waals surface area contributed by atoms with Crippen LogP contribution in [0.2, 0.25) is 0 Å². The van der Waals surface area contributed by atoms with Gasteiger partial charge in [0.25, 0.3) is 0 Å². The average Bonchev–Trinajstić information content (AvgIpc) is 2.64. The lowest BCUT2D eigenvalue weighted by atomic mass is 9.81. The number of hydrogen-bond donors (Lipinski definition) is 4. The number of likely N-dealkylation sites (N-methyl/N-ethyl adjacent to an activating group) is 1. The Morgan fingerprint density at radius 1 is 1.04 bits per heavy atom. The van der Waals surface area contributed by atoms with Crippen LogP contribution < -0.4 is 15.4 Å². The zero-order valence-electron chi connectivity index (χ0n) is 14.2. The molecule has 1 atom stereocenters. The smallest absolute Gasteiger partial charge is 0.218 e. The molecule has 2 aromatic carbocycles. The number of hydrogen-bond acceptors (Lipinski definition) is 6. The van der Waals surface area contributed by atoms with Crippen LogP contribution in [0.15, 0.2) is 70.9 Å². The Balaban J connectivity index is 1.79. The standard InChI is InChI=1S/C19H21N3O2S/c1-3-20-17-16(18(23)19(17,2)24)21-14-11-7-8-12-15(14)22-25-13-9-5-4-6-10-13/h4-12,20-22,24H,3H2,1-2H3. The predicted molar refractivity (Wildman–Crippen MR) is 102 cm³/mol. The zero-order valence-corrected chi connectivity index (χ0v) is 15.0. The summed E-state index contributed by atoms with van der Waals surface area (Å²) in [7, 11) is 0. The molecular weight excluding hydrogens is 334 g/mol. The van der Waals surface area contributed by atoms with E-state index in [1.54, 1.807) is 0 Å². The molecule has 0 aromatic heterocycles. The Bertz CT molecular complexity index is 803. The van der Waals surface area contributed by atoms with Crippen LogP contribution in [0.5, 0.6) is 0 Å².